The fraction of sp³-hybridized carbons (Fsp3) is 0. The molecule has 0 unspecified atom stereocenters. The molecule has 1 aliphatic carbocycles. The predicted molar refractivity (Wildman–Crippen MR) is 133 cm³/mol. The minimum Gasteiger partial charge on any atom is -0.507 e. The van der Waals surface area contributed by atoms with Gasteiger partial charge in [0.25, 0.3) is 0 Å². The molecule has 10 heteroatoms. The quantitative estimate of drug-likeness (QED) is 0.205. The Labute approximate surface area is 217 Å². The van der Waals surface area contributed by atoms with Crippen LogP contribution in [0.15, 0.2) is 70.5 Å². The lowest BCUT2D eigenvalue weighted by molar-refractivity contribution is 0.0966. The fourth-order valence-corrected chi connectivity index (χ4v) is 5.40. The van der Waals surface area contributed by atoms with Crippen LogP contribution in [-0.2, 0) is 0 Å². The van der Waals surface area contributed by atoms with Crippen molar-refractivity contribution >= 4 is 57.9 Å². The number of nitrogens with one attached hydrogen (secondary N) is 1. The summed E-state index contributed by atoms with van der Waals surface area (Å²) in [6, 6.07) is 14.9. The second-order valence-electron chi connectivity index (χ2n) is 7.73. The maximum Gasteiger partial charge on any atom is 0.201 e. The number of anilines is 2. The minimum absolute atomic E-state index is 0.0597. The molecule has 36 heavy (non-hydrogen) atoms. The molecule has 5 rings (SSSR count). The fourth-order valence-electron chi connectivity index (χ4n) is 3.94. The van der Waals surface area contributed by atoms with Gasteiger partial charge in [-0.15, -0.1) is 0 Å². The molecule has 0 saturated carbocycles. The first-order valence-corrected chi connectivity index (χ1v) is 11.9. The first kappa shape index (κ1) is 24.1. The van der Waals surface area contributed by atoms with Crippen LogP contribution in [0.25, 0.3) is 0 Å². The monoisotopic (exact) mass is 543 g/mol. The molecule has 0 saturated heterocycles. The second kappa shape index (κ2) is 9.13. The van der Waals surface area contributed by atoms with Gasteiger partial charge in [-0.25, -0.2) is 8.78 Å². The van der Waals surface area contributed by atoms with Gasteiger partial charge in [0.05, 0.1) is 48.6 Å². The van der Waals surface area contributed by atoms with Crippen molar-refractivity contribution < 1.29 is 28.6 Å². The van der Waals surface area contributed by atoms with Gasteiger partial charge in [-0.2, -0.15) is 0 Å². The molecule has 4 aromatic rings. The van der Waals surface area contributed by atoms with E-state index in [0.29, 0.717) is 4.90 Å². The van der Waals surface area contributed by atoms with E-state index in [9.17, 15) is 19.8 Å². The number of carbonyl (C=O) groups excluding carboxylic acids is 2. The molecule has 0 aromatic heterocycles. The Kier molecular flexibility index (Phi) is 6.12. The van der Waals surface area contributed by atoms with Gasteiger partial charge < -0.3 is 15.5 Å². The van der Waals surface area contributed by atoms with E-state index >= 15 is 8.78 Å². The number of phenolic OH excluding ortho intramolecular Hbond substituents is 2. The zero-order valence-electron chi connectivity index (χ0n) is 17.9. The van der Waals surface area contributed by atoms with E-state index < -0.39 is 62.6 Å². The number of aromatic hydroxyl groups is 2. The number of rotatable bonds is 4. The van der Waals surface area contributed by atoms with Gasteiger partial charge in [-0.05, 0) is 36.4 Å². The van der Waals surface area contributed by atoms with Gasteiger partial charge in [0.1, 0.15) is 11.5 Å². The lowest BCUT2D eigenvalue weighted by Gasteiger charge is -2.24. The first-order chi connectivity index (χ1) is 17.2. The average Bonchev–Trinajstić information content (AvgIpc) is 2.85. The van der Waals surface area contributed by atoms with Gasteiger partial charge in [-0.3, -0.25) is 9.59 Å². The zero-order chi connectivity index (χ0) is 25.7. The van der Waals surface area contributed by atoms with Crippen molar-refractivity contribution in [3.63, 3.8) is 0 Å². The molecule has 180 valence electrons. The highest BCUT2D eigenvalue weighted by Crippen LogP contribution is 2.47. The summed E-state index contributed by atoms with van der Waals surface area (Å²) in [7, 11) is 0. The molecular weight excluding hydrogens is 531 g/mol. The van der Waals surface area contributed by atoms with Crippen LogP contribution >= 0.6 is 35.0 Å². The van der Waals surface area contributed by atoms with Gasteiger partial charge in [0, 0.05) is 4.90 Å². The van der Waals surface area contributed by atoms with E-state index in [1.807, 2.05) is 0 Å². The first-order valence-electron chi connectivity index (χ1n) is 10.3. The van der Waals surface area contributed by atoms with E-state index in [2.05, 4.69) is 5.32 Å². The minimum atomic E-state index is -1.24. The Bertz CT molecular complexity index is 1580. The molecule has 0 fully saturated rings. The van der Waals surface area contributed by atoms with Crippen LogP contribution in [0.1, 0.15) is 31.8 Å². The second-order valence-corrected chi connectivity index (χ2v) is 9.63. The van der Waals surface area contributed by atoms with Crippen molar-refractivity contribution in [2.75, 3.05) is 5.32 Å². The molecule has 1 aliphatic rings. The highest BCUT2D eigenvalue weighted by molar-refractivity contribution is 7.99. The summed E-state index contributed by atoms with van der Waals surface area (Å²) in [6.07, 6.45) is 0. The average molecular weight is 544 g/mol. The number of para-hydroxylation sites is 1. The van der Waals surface area contributed by atoms with Crippen LogP contribution < -0.4 is 5.32 Å². The van der Waals surface area contributed by atoms with Gasteiger partial charge in [0.2, 0.25) is 11.6 Å². The van der Waals surface area contributed by atoms with Crippen LogP contribution in [0.4, 0.5) is 20.2 Å². The van der Waals surface area contributed by atoms with E-state index in [1.54, 1.807) is 36.4 Å². The molecule has 0 amide bonds. The molecule has 5 nitrogen and oxygen atoms in total. The van der Waals surface area contributed by atoms with Gasteiger partial charge >= 0.3 is 0 Å². The number of benzene rings is 4. The lowest BCUT2D eigenvalue weighted by atomic mass is 9.82. The summed E-state index contributed by atoms with van der Waals surface area (Å²) >= 11 is 13.3. The number of hydrogen-bond donors (Lipinski definition) is 3. The van der Waals surface area contributed by atoms with Crippen molar-refractivity contribution in [3.05, 3.63) is 105 Å². The Balaban J connectivity index is 1.81. The van der Waals surface area contributed by atoms with Crippen molar-refractivity contribution in [1.29, 1.82) is 0 Å². The molecular formula is C26H13Cl2F2NO4S. The Morgan fingerprint density at radius 3 is 1.75 bits per heavy atom. The van der Waals surface area contributed by atoms with Crippen molar-refractivity contribution in [2.24, 2.45) is 0 Å². The maximum absolute atomic E-state index is 16.2. The van der Waals surface area contributed by atoms with E-state index in [1.165, 1.54) is 12.1 Å². The number of fused-ring (bicyclic) bond motifs is 2. The number of phenols is 2. The zero-order valence-corrected chi connectivity index (χ0v) is 20.2. The number of hydrogen-bond acceptors (Lipinski definition) is 6. The van der Waals surface area contributed by atoms with Crippen LogP contribution in [0, 0.1) is 11.6 Å². The van der Waals surface area contributed by atoms with Crippen molar-refractivity contribution in [3.8, 4) is 11.5 Å². The highest BCUT2D eigenvalue weighted by atomic mass is 35.5. The number of halogens is 4. The summed E-state index contributed by atoms with van der Waals surface area (Å²) < 4.78 is 32.3. The largest absolute Gasteiger partial charge is 0.507 e. The molecule has 0 atom stereocenters. The third kappa shape index (κ3) is 3.78. The smallest absolute Gasteiger partial charge is 0.201 e. The standard InChI is InChI=1S/C26H13Cl2F2NO4S/c27-12-7-4-8-13(28)22(12)31-23-20(29)18-19(21(30)26(23)36-11-5-2-1-3-6-11)25(35)17-15(33)10-9-14(32)16(17)24(18)34/h1-10,31-33H. The normalized spacial score (nSPS) is 12.3. The van der Waals surface area contributed by atoms with E-state index in [0.717, 1.165) is 23.9 Å². The van der Waals surface area contributed by atoms with Gasteiger partial charge in [0.15, 0.2) is 11.6 Å². The van der Waals surface area contributed by atoms with Crippen molar-refractivity contribution in [1.82, 2.24) is 0 Å². The summed E-state index contributed by atoms with van der Waals surface area (Å²) in [5, 5.41) is 23.4. The molecule has 3 N–H and O–H groups in total. The molecule has 0 radical (unpaired) electrons. The van der Waals surface area contributed by atoms with Crippen LogP contribution in [-0.4, -0.2) is 21.8 Å². The third-order valence-corrected chi connectivity index (χ3v) is 7.31. The van der Waals surface area contributed by atoms with Crippen molar-refractivity contribution in [2.45, 2.75) is 9.79 Å². The Morgan fingerprint density at radius 2 is 1.19 bits per heavy atom. The number of ketones is 2. The Hall–Kier alpha value is -3.59. The SMILES string of the molecule is O=C1c2c(O)ccc(O)c2C(=O)c2c(F)c(Sc3ccccc3)c(Nc3c(Cl)cccc3Cl)c(F)c21. The van der Waals surface area contributed by atoms with Crippen LogP contribution in [0.5, 0.6) is 11.5 Å². The summed E-state index contributed by atoms with van der Waals surface area (Å²) in [6.45, 7) is 0. The molecule has 0 bridgehead atoms. The number of carbonyl (C=O) groups is 2. The summed E-state index contributed by atoms with van der Waals surface area (Å²) in [5.41, 5.74) is -3.36. The third-order valence-electron chi connectivity index (χ3n) is 5.58. The topological polar surface area (TPSA) is 86.6 Å². The molecule has 4 aromatic carbocycles. The molecule has 0 aliphatic heterocycles. The van der Waals surface area contributed by atoms with Crippen LogP contribution in [0.2, 0.25) is 10.0 Å². The van der Waals surface area contributed by atoms with E-state index in [-0.39, 0.29) is 20.6 Å². The lowest BCUT2D eigenvalue weighted by Crippen LogP contribution is -2.25. The maximum atomic E-state index is 16.2. The highest BCUT2D eigenvalue weighted by Gasteiger charge is 2.41. The molecule has 0 heterocycles. The van der Waals surface area contributed by atoms with Crippen LogP contribution in [0.3, 0.4) is 0 Å². The Morgan fingerprint density at radius 1 is 0.667 bits per heavy atom. The summed E-state index contributed by atoms with van der Waals surface area (Å²) in [5.74, 6) is -6.02. The van der Waals surface area contributed by atoms with Gasteiger partial charge in [-0.1, -0.05) is 59.2 Å². The predicted octanol–water partition coefficient (Wildman–Crippen LogP) is 7.35. The molecule has 0 spiro atoms. The van der Waals surface area contributed by atoms with E-state index in [4.69, 9.17) is 23.2 Å². The summed E-state index contributed by atoms with van der Waals surface area (Å²) in [4.78, 5) is 26.7.